The van der Waals surface area contributed by atoms with Gasteiger partial charge >= 0.3 is 6.18 Å². The van der Waals surface area contributed by atoms with Crippen molar-refractivity contribution in [2.75, 3.05) is 7.11 Å². The highest BCUT2D eigenvalue weighted by molar-refractivity contribution is 9.10. The zero-order valence-corrected chi connectivity index (χ0v) is 9.22. The Hall–Kier alpha value is -0.560. The molecule has 0 atom stereocenters. The van der Waals surface area contributed by atoms with Gasteiger partial charge in [-0.2, -0.15) is 13.2 Å². The van der Waals surface area contributed by atoms with Crippen LogP contribution in [0.3, 0.4) is 0 Å². The van der Waals surface area contributed by atoms with Gasteiger partial charge in [-0.1, -0.05) is 11.3 Å². The molecule has 1 aromatic rings. The van der Waals surface area contributed by atoms with Gasteiger partial charge in [0.2, 0.25) is 0 Å². The Morgan fingerprint density at radius 1 is 1.57 bits per heavy atom. The fourth-order valence-corrected chi connectivity index (χ4v) is 2.35. The van der Waals surface area contributed by atoms with Gasteiger partial charge in [-0.3, -0.25) is 4.79 Å². The van der Waals surface area contributed by atoms with E-state index >= 15 is 0 Å². The minimum absolute atomic E-state index is 0.248. The van der Waals surface area contributed by atoms with E-state index in [1.165, 1.54) is 7.11 Å². The predicted molar refractivity (Wildman–Crippen MR) is 49.0 cm³/mol. The van der Waals surface area contributed by atoms with Crippen LogP contribution in [0.4, 0.5) is 13.2 Å². The van der Waals surface area contributed by atoms with Crippen LogP contribution in [0.25, 0.3) is 0 Å². The van der Waals surface area contributed by atoms with Crippen LogP contribution in [0.2, 0.25) is 0 Å². The van der Waals surface area contributed by atoms with Crippen molar-refractivity contribution in [1.82, 2.24) is 0 Å². The van der Waals surface area contributed by atoms with Crippen molar-refractivity contribution in [3.8, 4) is 5.06 Å². The van der Waals surface area contributed by atoms with Crippen molar-refractivity contribution in [2.45, 2.75) is 6.18 Å². The summed E-state index contributed by atoms with van der Waals surface area (Å²) >= 11 is 3.63. The molecule has 78 valence electrons. The van der Waals surface area contributed by atoms with E-state index in [4.69, 9.17) is 4.74 Å². The molecule has 0 saturated heterocycles. The Labute approximate surface area is 89.8 Å². The number of hydrogen-bond donors (Lipinski definition) is 0. The van der Waals surface area contributed by atoms with Gasteiger partial charge in [0.05, 0.1) is 16.5 Å². The molecule has 2 nitrogen and oxygen atoms in total. The maximum atomic E-state index is 12.0. The van der Waals surface area contributed by atoms with Crippen LogP contribution in [0, 0.1) is 0 Å². The number of rotatable bonds is 2. The van der Waals surface area contributed by atoms with Gasteiger partial charge in [-0.05, 0) is 22.0 Å². The summed E-state index contributed by atoms with van der Waals surface area (Å²) in [5, 5.41) is 0.248. The highest BCUT2D eigenvalue weighted by atomic mass is 79.9. The first-order valence-corrected chi connectivity index (χ1v) is 4.92. The van der Waals surface area contributed by atoms with Gasteiger partial charge in [-0.15, -0.1) is 0 Å². The lowest BCUT2D eigenvalue weighted by molar-refractivity contribution is -0.0882. The summed E-state index contributed by atoms with van der Waals surface area (Å²) in [6.07, 6.45) is -4.84. The third kappa shape index (κ3) is 2.27. The number of carbonyl (C=O) groups is 1. The first kappa shape index (κ1) is 11.5. The number of alkyl halides is 3. The third-order valence-electron chi connectivity index (χ3n) is 1.32. The quantitative estimate of drug-likeness (QED) is 0.781. The summed E-state index contributed by atoms with van der Waals surface area (Å²) in [7, 11) is 1.32. The predicted octanol–water partition coefficient (Wildman–Crippen LogP) is 3.26. The molecule has 0 bridgehead atoms. The standard InChI is InChI=1S/C7H4BrF3O2S/c1-13-6-3(8)2-4(14-6)5(12)7(9,10)11/h2H,1H3. The van der Waals surface area contributed by atoms with Crippen molar-refractivity contribution in [3.05, 3.63) is 15.4 Å². The second kappa shape index (κ2) is 3.90. The van der Waals surface area contributed by atoms with E-state index in [1.54, 1.807) is 0 Å². The molecule has 0 aliphatic rings. The monoisotopic (exact) mass is 288 g/mol. The smallest absolute Gasteiger partial charge is 0.455 e. The number of halogens is 4. The van der Waals surface area contributed by atoms with Crippen LogP contribution < -0.4 is 4.74 Å². The van der Waals surface area contributed by atoms with Gasteiger partial charge in [0.15, 0.2) is 5.06 Å². The fraction of sp³-hybridized carbons (Fsp3) is 0.286. The van der Waals surface area contributed by atoms with Crippen LogP contribution in [-0.4, -0.2) is 19.1 Å². The van der Waals surface area contributed by atoms with Gasteiger partial charge in [0.1, 0.15) is 0 Å². The van der Waals surface area contributed by atoms with E-state index in [1.807, 2.05) is 0 Å². The molecule has 0 amide bonds. The molecule has 1 rings (SSSR count). The third-order valence-corrected chi connectivity index (χ3v) is 3.27. The highest BCUT2D eigenvalue weighted by Crippen LogP contribution is 2.37. The van der Waals surface area contributed by atoms with E-state index in [0.29, 0.717) is 15.8 Å². The second-order valence-corrected chi connectivity index (χ2v) is 4.15. The molecule has 0 fully saturated rings. The minimum atomic E-state index is -4.84. The summed E-state index contributed by atoms with van der Waals surface area (Å²) in [5.74, 6) is -1.86. The maximum absolute atomic E-state index is 12.0. The molecule has 7 heteroatoms. The minimum Gasteiger partial charge on any atom is -0.486 e. The summed E-state index contributed by atoms with van der Waals surface area (Å²) in [5.41, 5.74) is 0. The van der Waals surface area contributed by atoms with Crippen LogP contribution in [0.5, 0.6) is 5.06 Å². The van der Waals surface area contributed by atoms with Crippen LogP contribution >= 0.6 is 27.3 Å². The van der Waals surface area contributed by atoms with Gasteiger partial charge < -0.3 is 4.74 Å². The first-order valence-electron chi connectivity index (χ1n) is 3.31. The molecule has 0 spiro atoms. The molecule has 14 heavy (non-hydrogen) atoms. The Morgan fingerprint density at radius 3 is 2.50 bits per heavy atom. The number of ketones is 1. The Balaban J connectivity index is 3.03. The fourth-order valence-electron chi connectivity index (χ4n) is 0.743. The molecule has 0 saturated carbocycles. The van der Waals surface area contributed by atoms with Crippen molar-refractivity contribution < 1.29 is 22.7 Å². The largest absolute Gasteiger partial charge is 0.486 e. The van der Waals surface area contributed by atoms with E-state index in [9.17, 15) is 18.0 Å². The molecule has 0 aliphatic carbocycles. The molecule has 1 heterocycles. The van der Waals surface area contributed by atoms with Gasteiger partial charge in [0.25, 0.3) is 5.78 Å². The summed E-state index contributed by atoms with van der Waals surface area (Å²) < 4.78 is 41.0. The van der Waals surface area contributed by atoms with Crippen LogP contribution in [0.15, 0.2) is 10.5 Å². The van der Waals surface area contributed by atoms with E-state index in [2.05, 4.69) is 15.9 Å². The maximum Gasteiger partial charge on any atom is 0.455 e. The molecular weight excluding hydrogens is 285 g/mol. The first-order chi connectivity index (χ1) is 6.36. The zero-order valence-electron chi connectivity index (χ0n) is 6.81. The van der Waals surface area contributed by atoms with Crippen molar-refractivity contribution in [2.24, 2.45) is 0 Å². The number of carbonyl (C=O) groups excluding carboxylic acids is 1. The molecule has 0 radical (unpaired) electrons. The van der Waals surface area contributed by atoms with E-state index < -0.39 is 12.0 Å². The van der Waals surface area contributed by atoms with Gasteiger partial charge in [0, 0.05) is 0 Å². The van der Waals surface area contributed by atoms with E-state index in [-0.39, 0.29) is 9.94 Å². The Bertz CT molecular complexity index is 358. The van der Waals surface area contributed by atoms with Gasteiger partial charge in [-0.25, -0.2) is 0 Å². The average Bonchev–Trinajstić information content (AvgIpc) is 2.43. The van der Waals surface area contributed by atoms with Crippen molar-refractivity contribution in [1.29, 1.82) is 0 Å². The number of thiophene rings is 1. The summed E-state index contributed by atoms with van der Waals surface area (Å²) in [6, 6.07) is 1.10. The average molecular weight is 289 g/mol. The Morgan fingerprint density at radius 2 is 2.14 bits per heavy atom. The number of hydrogen-bond acceptors (Lipinski definition) is 3. The topological polar surface area (TPSA) is 26.3 Å². The molecule has 0 N–H and O–H groups in total. The van der Waals surface area contributed by atoms with Crippen LogP contribution in [-0.2, 0) is 0 Å². The number of Topliss-reactive ketones (excluding diaryl/α,β-unsaturated/α-hetero) is 1. The van der Waals surface area contributed by atoms with Crippen LogP contribution in [0.1, 0.15) is 9.67 Å². The number of ether oxygens (including phenoxy) is 1. The summed E-state index contributed by atoms with van der Waals surface area (Å²) in [4.78, 5) is 10.4. The molecule has 0 aliphatic heterocycles. The number of methoxy groups -OCH3 is 1. The zero-order chi connectivity index (χ0) is 10.9. The molecule has 1 aromatic heterocycles. The lowest BCUT2D eigenvalue weighted by Gasteiger charge is -2.00. The molecule has 0 aromatic carbocycles. The normalized spacial score (nSPS) is 11.5. The van der Waals surface area contributed by atoms with E-state index in [0.717, 1.165) is 6.07 Å². The molecular formula is C7H4BrF3O2S. The SMILES string of the molecule is COc1sc(C(=O)C(F)(F)F)cc1Br. The lowest BCUT2D eigenvalue weighted by Crippen LogP contribution is -2.21. The molecule has 0 unspecified atom stereocenters. The van der Waals surface area contributed by atoms with Crippen molar-refractivity contribution >= 4 is 33.0 Å². The highest BCUT2D eigenvalue weighted by Gasteiger charge is 2.40. The summed E-state index contributed by atoms with van der Waals surface area (Å²) in [6.45, 7) is 0. The second-order valence-electron chi connectivity index (χ2n) is 2.28. The van der Waals surface area contributed by atoms with Crippen molar-refractivity contribution in [3.63, 3.8) is 0 Å². The Kier molecular flexibility index (Phi) is 3.20. The lowest BCUT2D eigenvalue weighted by atomic mass is 10.3.